The number of anilines is 3. The minimum absolute atomic E-state index is 0.0286. The molecule has 0 fully saturated rings. The Morgan fingerprint density at radius 3 is 2.32 bits per heavy atom. The standard InChI is InChI=1S/C28H30N4O4S/c1-19-8-4-5-9-21(19)28(34)30-24-13-15-27(23-11-7-6-10-22(23)24)37(35,36)31-20-12-14-26(33)25(18-20)29-16-17-32(2)3/h4-15,18,29,31,33H,16-17H2,1-3H3,(H,30,34). The molecule has 0 aliphatic carbocycles. The molecule has 4 aromatic rings. The van der Waals surface area contributed by atoms with Crippen LogP contribution < -0.4 is 15.4 Å². The summed E-state index contributed by atoms with van der Waals surface area (Å²) in [6, 6.07) is 21.9. The molecule has 0 radical (unpaired) electrons. The van der Waals surface area contributed by atoms with E-state index >= 15 is 0 Å². The number of nitrogens with zero attached hydrogens (tertiary/aromatic N) is 1. The first kappa shape index (κ1) is 26.0. The van der Waals surface area contributed by atoms with Gasteiger partial charge in [-0.05, 0) is 63.0 Å². The average molecular weight is 519 g/mol. The van der Waals surface area contributed by atoms with Gasteiger partial charge in [0.25, 0.3) is 15.9 Å². The number of benzene rings is 4. The van der Waals surface area contributed by atoms with Crippen LogP contribution in [0.25, 0.3) is 10.8 Å². The van der Waals surface area contributed by atoms with Gasteiger partial charge in [0.05, 0.1) is 16.3 Å². The fraction of sp³-hybridized carbons (Fsp3) is 0.179. The smallest absolute Gasteiger partial charge is 0.262 e. The molecule has 0 bridgehead atoms. The van der Waals surface area contributed by atoms with E-state index < -0.39 is 10.0 Å². The summed E-state index contributed by atoms with van der Waals surface area (Å²) in [5, 5.41) is 17.3. The third-order valence-corrected chi connectivity index (χ3v) is 7.37. The molecule has 4 aromatic carbocycles. The fourth-order valence-corrected chi connectivity index (χ4v) is 5.26. The molecular weight excluding hydrogens is 488 g/mol. The van der Waals surface area contributed by atoms with Crippen molar-refractivity contribution in [2.75, 3.05) is 42.5 Å². The number of aromatic hydroxyl groups is 1. The highest BCUT2D eigenvalue weighted by Gasteiger charge is 2.20. The zero-order chi connectivity index (χ0) is 26.6. The Morgan fingerprint density at radius 2 is 1.59 bits per heavy atom. The van der Waals surface area contributed by atoms with E-state index in [0.717, 1.165) is 12.1 Å². The van der Waals surface area contributed by atoms with Crippen LogP contribution in [0.5, 0.6) is 5.75 Å². The maximum Gasteiger partial charge on any atom is 0.262 e. The van der Waals surface area contributed by atoms with Crippen molar-refractivity contribution in [3.8, 4) is 5.75 Å². The summed E-state index contributed by atoms with van der Waals surface area (Å²) in [7, 11) is -0.107. The van der Waals surface area contributed by atoms with Crippen molar-refractivity contribution in [1.29, 1.82) is 0 Å². The number of phenolic OH excluding ortho intramolecular Hbond substituents is 1. The predicted octanol–water partition coefficient (Wildman–Crippen LogP) is 4.88. The topological polar surface area (TPSA) is 111 Å². The van der Waals surface area contributed by atoms with Gasteiger partial charge in [0.15, 0.2) is 0 Å². The number of hydrogen-bond donors (Lipinski definition) is 4. The molecule has 1 amide bonds. The lowest BCUT2D eigenvalue weighted by molar-refractivity contribution is 0.102. The van der Waals surface area contributed by atoms with Crippen LogP contribution in [0.4, 0.5) is 17.1 Å². The van der Waals surface area contributed by atoms with Crippen LogP contribution >= 0.6 is 0 Å². The second kappa shape index (κ2) is 10.9. The van der Waals surface area contributed by atoms with Crippen LogP contribution in [0, 0.1) is 6.92 Å². The third-order valence-electron chi connectivity index (χ3n) is 5.93. The lowest BCUT2D eigenvalue weighted by atomic mass is 10.1. The predicted molar refractivity (Wildman–Crippen MR) is 149 cm³/mol. The molecule has 0 aromatic heterocycles. The normalized spacial score (nSPS) is 11.5. The van der Waals surface area contributed by atoms with Crippen LogP contribution in [-0.2, 0) is 10.0 Å². The first-order valence-corrected chi connectivity index (χ1v) is 13.3. The number of hydrogen-bond acceptors (Lipinski definition) is 6. The quantitative estimate of drug-likeness (QED) is 0.186. The van der Waals surface area contributed by atoms with E-state index in [4.69, 9.17) is 0 Å². The first-order valence-electron chi connectivity index (χ1n) is 11.8. The number of nitrogens with one attached hydrogen (secondary N) is 3. The van der Waals surface area contributed by atoms with Gasteiger partial charge >= 0.3 is 0 Å². The first-order chi connectivity index (χ1) is 17.7. The van der Waals surface area contributed by atoms with Gasteiger partial charge in [-0.1, -0.05) is 42.5 Å². The number of carbonyl (C=O) groups excluding carboxylic acids is 1. The summed E-state index contributed by atoms with van der Waals surface area (Å²) in [4.78, 5) is 15.0. The second-order valence-corrected chi connectivity index (χ2v) is 10.6. The van der Waals surface area contributed by atoms with E-state index in [9.17, 15) is 18.3 Å². The van der Waals surface area contributed by atoms with Gasteiger partial charge in [0.1, 0.15) is 5.75 Å². The van der Waals surface area contributed by atoms with Crippen molar-refractivity contribution >= 4 is 43.8 Å². The molecule has 0 saturated carbocycles. The number of fused-ring (bicyclic) bond motifs is 1. The van der Waals surface area contributed by atoms with E-state index in [2.05, 4.69) is 15.4 Å². The number of rotatable bonds is 9. The zero-order valence-electron chi connectivity index (χ0n) is 20.9. The molecular formula is C28H30N4O4S. The number of aryl methyl sites for hydroxylation is 1. The van der Waals surface area contributed by atoms with Crippen molar-refractivity contribution in [1.82, 2.24) is 4.90 Å². The summed E-state index contributed by atoms with van der Waals surface area (Å²) in [5.74, 6) is -0.240. The van der Waals surface area contributed by atoms with Crippen molar-refractivity contribution in [3.05, 3.63) is 90.0 Å². The van der Waals surface area contributed by atoms with Crippen molar-refractivity contribution in [2.24, 2.45) is 0 Å². The Labute approximate surface area is 217 Å². The van der Waals surface area contributed by atoms with Gasteiger partial charge in [-0.2, -0.15) is 0 Å². The van der Waals surface area contributed by atoms with Gasteiger partial charge < -0.3 is 20.6 Å². The second-order valence-electron chi connectivity index (χ2n) is 8.99. The molecule has 37 heavy (non-hydrogen) atoms. The molecule has 192 valence electrons. The molecule has 0 spiro atoms. The van der Waals surface area contributed by atoms with Gasteiger partial charge in [-0.25, -0.2) is 8.42 Å². The minimum atomic E-state index is -3.99. The number of carbonyl (C=O) groups is 1. The van der Waals surface area contributed by atoms with Crippen molar-refractivity contribution in [3.63, 3.8) is 0 Å². The average Bonchev–Trinajstić information content (AvgIpc) is 2.86. The van der Waals surface area contributed by atoms with Crippen molar-refractivity contribution in [2.45, 2.75) is 11.8 Å². The van der Waals surface area contributed by atoms with E-state index in [0.29, 0.717) is 39.9 Å². The van der Waals surface area contributed by atoms with E-state index in [1.165, 1.54) is 18.2 Å². The highest BCUT2D eigenvalue weighted by molar-refractivity contribution is 7.93. The maximum absolute atomic E-state index is 13.4. The van der Waals surface area contributed by atoms with E-state index in [-0.39, 0.29) is 16.6 Å². The highest BCUT2D eigenvalue weighted by atomic mass is 32.2. The molecule has 0 aliphatic rings. The van der Waals surface area contributed by atoms with Crippen LogP contribution in [0.2, 0.25) is 0 Å². The van der Waals surface area contributed by atoms with Gasteiger partial charge in [-0.15, -0.1) is 0 Å². The lowest BCUT2D eigenvalue weighted by Crippen LogP contribution is -2.21. The Hall–Kier alpha value is -4.08. The minimum Gasteiger partial charge on any atom is -0.506 e. The van der Waals surface area contributed by atoms with Crippen LogP contribution in [0.15, 0.2) is 83.8 Å². The fourth-order valence-electron chi connectivity index (χ4n) is 4.00. The summed E-state index contributed by atoms with van der Waals surface area (Å²) in [5.41, 5.74) is 2.65. The molecule has 9 heteroatoms. The molecule has 4 N–H and O–H groups in total. The largest absolute Gasteiger partial charge is 0.506 e. The van der Waals surface area contributed by atoms with Gasteiger partial charge in [0.2, 0.25) is 0 Å². The molecule has 0 unspecified atom stereocenters. The zero-order valence-corrected chi connectivity index (χ0v) is 21.8. The lowest BCUT2D eigenvalue weighted by Gasteiger charge is -2.16. The number of likely N-dealkylation sites (N-methyl/N-ethyl adjacent to an activating group) is 1. The molecule has 0 atom stereocenters. The summed E-state index contributed by atoms with van der Waals surface area (Å²) >= 11 is 0. The Kier molecular flexibility index (Phi) is 7.66. The molecule has 0 aliphatic heterocycles. The Bertz CT molecular complexity index is 1550. The van der Waals surface area contributed by atoms with Crippen molar-refractivity contribution < 1.29 is 18.3 Å². The van der Waals surface area contributed by atoms with Crippen LogP contribution in [0.3, 0.4) is 0 Å². The van der Waals surface area contributed by atoms with Crippen LogP contribution in [-0.4, -0.2) is 51.5 Å². The summed E-state index contributed by atoms with van der Waals surface area (Å²) in [6.45, 7) is 3.19. The summed E-state index contributed by atoms with van der Waals surface area (Å²) in [6.07, 6.45) is 0. The number of sulfonamides is 1. The number of amides is 1. The molecule has 0 heterocycles. The SMILES string of the molecule is Cc1ccccc1C(=O)Nc1ccc(S(=O)(=O)Nc2ccc(O)c(NCCN(C)C)c2)c2ccccc12. The Balaban J connectivity index is 1.63. The monoisotopic (exact) mass is 518 g/mol. The third kappa shape index (κ3) is 6.02. The van der Waals surface area contributed by atoms with Gasteiger partial charge in [-0.3, -0.25) is 9.52 Å². The molecule has 4 rings (SSSR count). The van der Waals surface area contributed by atoms with E-state index in [1.807, 2.05) is 38.1 Å². The molecule has 8 nitrogen and oxygen atoms in total. The highest BCUT2D eigenvalue weighted by Crippen LogP contribution is 2.32. The summed E-state index contributed by atoms with van der Waals surface area (Å²) < 4.78 is 29.5. The van der Waals surface area contributed by atoms with Gasteiger partial charge in [0, 0.05) is 35.1 Å². The van der Waals surface area contributed by atoms with E-state index in [1.54, 1.807) is 48.5 Å². The number of phenols is 1. The van der Waals surface area contributed by atoms with Crippen LogP contribution in [0.1, 0.15) is 15.9 Å². The maximum atomic E-state index is 13.4. The molecule has 0 saturated heterocycles. The Morgan fingerprint density at radius 1 is 0.892 bits per heavy atom.